The molecule has 2 heteroatoms. The van der Waals surface area contributed by atoms with E-state index in [-0.39, 0.29) is 0 Å². The zero-order valence-electron chi connectivity index (χ0n) is 5.88. The molecule has 0 bridgehead atoms. The predicted molar refractivity (Wildman–Crippen MR) is 38.9 cm³/mol. The third-order valence-corrected chi connectivity index (χ3v) is 1.77. The molecule has 0 amide bonds. The average molecular weight is 126 g/mol. The minimum absolute atomic E-state index is 0.626. The second-order valence-corrected chi connectivity index (χ2v) is 2.61. The Morgan fingerprint density at radius 2 is 2.56 bits per heavy atom. The summed E-state index contributed by atoms with van der Waals surface area (Å²) in [7, 11) is 2.09. The molecule has 1 heterocycles. The molecule has 52 valence electrons. The number of hydrogen-bond donors (Lipinski definition) is 1. The summed E-state index contributed by atoms with van der Waals surface area (Å²) in [6.45, 7) is 1.95. The lowest BCUT2D eigenvalue weighted by Gasteiger charge is -2.22. The molecule has 1 aliphatic rings. The highest BCUT2D eigenvalue weighted by atomic mass is 15.1. The quantitative estimate of drug-likeness (QED) is 0.551. The Kier molecular flexibility index (Phi) is 2.11. The van der Waals surface area contributed by atoms with Crippen LogP contribution in [0.15, 0.2) is 12.3 Å². The van der Waals surface area contributed by atoms with Crippen LogP contribution in [-0.4, -0.2) is 25.0 Å². The Balaban J connectivity index is 2.38. The topological polar surface area (TPSA) is 29.3 Å². The van der Waals surface area contributed by atoms with E-state index < -0.39 is 0 Å². The van der Waals surface area contributed by atoms with Gasteiger partial charge < -0.3 is 10.6 Å². The second-order valence-electron chi connectivity index (χ2n) is 2.61. The lowest BCUT2D eigenvalue weighted by atomic mass is 10.0. The highest BCUT2D eigenvalue weighted by Gasteiger charge is 2.07. The summed E-state index contributed by atoms with van der Waals surface area (Å²) in [5.74, 6) is 0.626. The molecule has 0 saturated carbocycles. The summed E-state index contributed by atoms with van der Waals surface area (Å²) in [6, 6.07) is 0. The zero-order valence-corrected chi connectivity index (χ0v) is 5.88. The fourth-order valence-electron chi connectivity index (χ4n) is 1.01. The maximum absolute atomic E-state index is 5.48. The van der Waals surface area contributed by atoms with E-state index in [1.807, 2.05) is 0 Å². The van der Waals surface area contributed by atoms with Gasteiger partial charge in [0.25, 0.3) is 0 Å². The van der Waals surface area contributed by atoms with Crippen LogP contribution in [0.2, 0.25) is 0 Å². The first kappa shape index (κ1) is 6.62. The summed E-state index contributed by atoms with van der Waals surface area (Å²) < 4.78 is 0. The Morgan fingerprint density at radius 3 is 3.00 bits per heavy atom. The third-order valence-electron chi connectivity index (χ3n) is 1.77. The van der Waals surface area contributed by atoms with E-state index in [1.165, 1.54) is 6.42 Å². The van der Waals surface area contributed by atoms with E-state index in [0.717, 1.165) is 13.1 Å². The first-order valence-electron chi connectivity index (χ1n) is 3.41. The van der Waals surface area contributed by atoms with Gasteiger partial charge in [0.1, 0.15) is 0 Å². The van der Waals surface area contributed by atoms with Crippen LogP contribution in [0.25, 0.3) is 0 Å². The van der Waals surface area contributed by atoms with E-state index in [9.17, 15) is 0 Å². The van der Waals surface area contributed by atoms with Gasteiger partial charge in [-0.25, -0.2) is 0 Å². The SMILES string of the molecule is CN1C=CC(CN)CC1. The highest BCUT2D eigenvalue weighted by Crippen LogP contribution is 2.09. The molecule has 0 aromatic carbocycles. The van der Waals surface area contributed by atoms with E-state index in [4.69, 9.17) is 5.73 Å². The molecule has 0 radical (unpaired) electrons. The van der Waals surface area contributed by atoms with Gasteiger partial charge in [-0.2, -0.15) is 0 Å². The van der Waals surface area contributed by atoms with Gasteiger partial charge in [0.15, 0.2) is 0 Å². The van der Waals surface area contributed by atoms with Crippen LogP contribution in [0.5, 0.6) is 0 Å². The first-order valence-corrected chi connectivity index (χ1v) is 3.41. The van der Waals surface area contributed by atoms with Crippen molar-refractivity contribution in [1.29, 1.82) is 0 Å². The molecular formula is C7H14N2. The molecule has 9 heavy (non-hydrogen) atoms. The molecule has 2 N–H and O–H groups in total. The van der Waals surface area contributed by atoms with E-state index in [1.54, 1.807) is 0 Å². The largest absolute Gasteiger partial charge is 0.381 e. The van der Waals surface area contributed by atoms with Crippen molar-refractivity contribution in [3.63, 3.8) is 0 Å². The number of rotatable bonds is 1. The van der Waals surface area contributed by atoms with Crippen molar-refractivity contribution in [3.05, 3.63) is 12.3 Å². The van der Waals surface area contributed by atoms with Gasteiger partial charge in [-0.1, -0.05) is 6.08 Å². The molecule has 0 saturated heterocycles. The molecule has 1 rings (SSSR count). The minimum atomic E-state index is 0.626. The summed E-state index contributed by atoms with van der Waals surface area (Å²) >= 11 is 0. The van der Waals surface area contributed by atoms with Crippen LogP contribution < -0.4 is 5.73 Å². The highest BCUT2D eigenvalue weighted by molar-refractivity contribution is 4.92. The van der Waals surface area contributed by atoms with Gasteiger partial charge in [0, 0.05) is 13.6 Å². The van der Waals surface area contributed by atoms with Gasteiger partial charge in [-0.05, 0) is 25.1 Å². The summed E-state index contributed by atoms with van der Waals surface area (Å²) in [4.78, 5) is 2.19. The third kappa shape index (κ3) is 1.72. The van der Waals surface area contributed by atoms with E-state index >= 15 is 0 Å². The standard InChI is InChI=1S/C7H14N2/c1-9-4-2-7(6-8)3-5-9/h2,4,7H,3,5-6,8H2,1H3. The maximum Gasteiger partial charge on any atom is 0.0175 e. The van der Waals surface area contributed by atoms with Crippen LogP contribution in [-0.2, 0) is 0 Å². The molecular weight excluding hydrogens is 112 g/mol. The number of nitrogens with zero attached hydrogens (tertiary/aromatic N) is 1. The van der Waals surface area contributed by atoms with Gasteiger partial charge in [-0.3, -0.25) is 0 Å². The molecule has 0 spiro atoms. The monoisotopic (exact) mass is 126 g/mol. The van der Waals surface area contributed by atoms with Gasteiger partial charge in [-0.15, -0.1) is 0 Å². The lowest BCUT2D eigenvalue weighted by Crippen LogP contribution is -2.24. The van der Waals surface area contributed by atoms with E-state index in [0.29, 0.717) is 5.92 Å². The predicted octanol–water partition coefficient (Wildman–Crippen LogP) is 0.410. The zero-order chi connectivity index (χ0) is 6.69. The summed E-state index contributed by atoms with van der Waals surface area (Å²) in [5.41, 5.74) is 5.48. The van der Waals surface area contributed by atoms with E-state index in [2.05, 4.69) is 24.2 Å². The van der Waals surface area contributed by atoms with Gasteiger partial charge in [0.05, 0.1) is 0 Å². The molecule has 0 aromatic heterocycles. The van der Waals surface area contributed by atoms with Gasteiger partial charge >= 0.3 is 0 Å². The smallest absolute Gasteiger partial charge is 0.0175 e. The molecule has 0 fully saturated rings. The van der Waals surface area contributed by atoms with Crippen molar-refractivity contribution in [1.82, 2.24) is 4.90 Å². The number of nitrogens with two attached hydrogens (primary N) is 1. The normalized spacial score (nSPS) is 26.9. The van der Waals surface area contributed by atoms with Crippen molar-refractivity contribution >= 4 is 0 Å². The van der Waals surface area contributed by atoms with Crippen LogP contribution >= 0.6 is 0 Å². The summed E-state index contributed by atoms with van der Waals surface area (Å²) in [6.07, 6.45) is 5.51. The van der Waals surface area contributed by atoms with Crippen LogP contribution in [0, 0.1) is 5.92 Å². The Labute approximate surface area is 56.3 Å². The fraction of sp³-hybridized carbons (Fsp3) is 0.714. The van der Waals surface area contributed by atoms with Crippen molar-refractivity contribution < 1.29 is 0 Å². The maximum atomic E-state index is 5.48. The van der Waals surface area contributed by atoms with Crippen molar-refractivity contribution in [2.24, 2.45) is 11.7 Å². The first-order chi connectivity index (χ1) is 4.33. The Hall–Kier alpha value is -0.500. The molecule has 0 aliphatic carbocycles. The minimum Gasteiger partial charge on any atom is -0.381 e. The fourth-order valence-corrected chi connectivity index (χ4v) is 1.01. The number of hydrogen-bond acceptors (Lipinski definition) is 2. The molecule has 1 aliphatic heterocycles. The van der Waals surface area contributed by atoms with Crippen molar-refractivity contribution in [3.8, 4) is 0 Å². The molecule has 1 atom stereocenters. The Morgan fingerprint density at radius 1 is 1.78 bits per heavy atom. The molecule has 1 unspecified atom stereocenters. The van der Waals surface area contributed by atoms with Crippen LogP contribution in [0.3, 0.4) is 0 Å². The molecule has 0 aromatic rings. The van der Waals surface area contributed by atoms with Crippen LogP contribution in [0.4, 0.5) is 0 Å². The average Bonchev–Trinajstić information content (AvgIpc) is 1.90. The van der Waals surface area contributed by atoms with Gasteiger partial charge in [0.2, 0.25) is 0 Å². The Bertz CT molecular complexity index is 109. The lowest BCUT2D eigenvalue weighted by molar-refractivity contribution is 0.380. The van der Waals surface area contributed by atoms with Crippen molar-refractivity contribution in [2.75, 3.05) is 20.1 Å². The van der Waals surface area contributed by atoms with Crippen molar-refractivity contribution in [2.45, 2.75) is 6.42 Å². The summed E-state index contributed by atoms with van der Waals surface area (Å²) in [5, 5.41) is 0. The van der Waals surface area contributed by atoms with Crippen LogP contribution in [0.1, 0.15) is 6.42 Å². The second kappa shape index (κ2) is 2.87. The molecule has 2 nitrogen and oxygen atoms in total.